The van der Waals surface area contributed by atoms with Gasteiger partial charge in [0.05, 0.1) is 18.6 Å². The molecule has 0 aromatic heterocycles. The summed E-state index contributed by atoms with van der Waals surface area (Å²) in [5.41, 5.74) is 0. The first-order valence-electron chi connectivity index (χ1n) is 4.81. The van der Waals surface area contributed by atoms with Crippen molar-refractivity contribution < 1.29 is 14.6 Å². The van der Waals surface area contributed by atoms with Crippen molar-refractivity contribution in [3.05, 3.63) is 24.3 Å². The molecule has 3 atom stereocenters. The third-order valence-corrected chi connectivity index (χ3v) is 2.33. The highest BCUT2D eigenvalue weighted by molar-refractivity contribution is 5.75. The number of aliphatic hydroxyl groups excluding tert-OH is 1. The molecule has 1 aliphatic rings. The Kier molecular flexibility index (Phi) is 3.89. The molecule has 1 aliphatic heterocycles. The highest BCUT2D eigenvalue weighted by atomic mass is 16.5. The van der Waals surface area contributed by atoms with E-state index in [9.17, 15) is 9.90 Å². The number of carbonyl (C=O) groups is 1. The fourth-order valence-corrected chi connectivity index (χ4v) is 1.60. The maximum atomic E-state index is 11.2. The molecular formula is C11H16O3. The van der Waals surface area contributed by atoms with E-state index in [2.05, 4.69) is 0 Å². The molecule has 0 aromatic rings. The third-order valence-electron chi connectivity index (χ3n) is 2.33. The van der Waals surface area contributed by atoms with Gasteiger partial charge in [-0.3, -0.25) is 4.79 Å². The highest BCUT2D eigenvalue weighted by Crippen LogP contribution is 2.26. The largest absolute Gasteiger partial charge is 0.465 e. The molecule has 0 saturated carbocycles. The maximum absolute atomic E-state index is 11.2. The van der Waals surface area contributed by atoms with Crippen molar-refractivity contribution in [2.45, 2.75) is 20.0 Å². The van der Waals surface area contributed by atoms with Gasteiger partial charge in [-0.2, -0.15) is 0 Å². The van der Waals surface area contributed by atoms with Crippen LogP contribution in [0.15, 0.2) is 24.3 Å². The summed E-state index contributed by atoms with van der Waals surface area (Å²) in [6.07, 6.45) is 6.93. The van der Waals surface area contributed by atoms with Crippen LogP contribution >= 0.6 is 0 Å². The van der Waals surface area contributed by atoms with Crippen LogP contribution in [0.4, 0.5) is 0 Å². The second kappa shape index (κ2) is 4.96. The van der Waals surface area contributed by atoms with Crippen LogP contribution in [0, 0.1) is 11.8 Å². The van der Waals surface area contributed by atoms with Gasteiger partial charge < -0.3 is 9.84 Å². The number of carbonyl (C=O) groups excluding carboxylic acids is 1. The van der Waals surface area contributed by atoms with Gasteiger partial charge in [0.2, 0.25) is 0 Å². The molecule has 1 N–H and O–H groups in total. The smallest absolute Gasteiger partial charge is 0.312 e. The summed E-state index contributed by atoms with van der Waals surface area (Å²) in [6.45, 7) is 3.92. The summed E-state index contributed by atoms with van der Waals surface area (Å²) in [7, 11) is 0. The minimum Gasteiger partial charge on any atom is -0.465 e. The van der Waals surface area contributed by atoms with Crippen molar-refractivity contribution >= 4 is 5.97 Å². The molecule has 0 bridgehead atoms. The number of allylic oxidation sites excluding steroid dienone is 3. The zero-order valence-corrected chi connectivity index (χ0v) is 8.51. The molecule has 1 fully saturated rings. The van der Waals surface area contributed by atoms with Crippen LogP contribution in [0.3, 0.4) is 0 Å². The molecule has 0 spiro atoms. The summed E-state index contributed by atoms with van der Waals surface area (Å²) in [5.74, 6) is -0.703. The molecule has 1 rings (SSSR count). The standard InChI is InChI=1S/C11H16O3/c1-3-4-5-6-9-7-14-11(13)10(9)8(2)12/h3-6,8-10,12H,7H2,1-2H3/b4-3+,6-5+/t8-,9+,10+/m1/s1. The molecule has 78 valence electrons. The molecule has 0 aliphatic carbocycles. The summed E-state index contributed by atoms with van der Waals surface area (Å²) in [6, 6.07) is 0. The lowest BCUT2D eigenvalue weighted by Gasteiger charge is -2.13. The van der Waals surface area contributed by atoms with Crippen molar-refractivity contribution in [2.24, 2.45) is 11.8 Å². The molecule has 1 heterocycles. The summed E-state index contributed by atoms with van der Waals surface area (Å²) >= 11 is 0. The Morgan fingerprint density at radius 1 is 1.57 bits per heavy atom. The van der Waals surface area contributed by atoms with Crippen LogP contribution in [0.1, 0.15) is 13.8 Å². The fraction of sp³-hybridized carbons (Fsp3) is 0.545. The predicted molar refractivity (Wildman–Crippen MR) is 53.6 cm³/mol. The molecule has 3 nitrogen and oxygen atoms in total. The van der Waals surface area contributed by atoms with E-state index >= 15 is 0 Å². The Labute approximate surface area is 84.1 Å². The summed E-state index contributed by atoms with van der Waals surface area (Å²) in [4.78, 5) is 11.2. The van der Waals surface area contributed by atoms with Gasteiger partial charge in [-0.15, -0.1) is 0 Å². The van der Waals surface area contributed by atoms with Crippen LogP contribution in [0.5, 0.6) is 0 Å². The number of hydrogen-bond acceptors (Lipinski definition) is 3. The van der Waals surface area contributed by atoms with Gasteiger partial charge in [-0.25, -0.2) is 0 Å². The average molecular weight is 196 g/mol. The zero-order chi connectivity index (χ0) is 10.6. The summed E-state index contributed by atoms with van der Waals surface area (Å²) in [5, 5.41) is 9.40. The topological polar surface area (TPSA) is 46.5 Å². The quantitative estimate of drug-likeness (QED) is 0.546. The highest BCUT2D eigenvalue weighted by Gasteiger charge is 2.38. The van der Waals surface area contributed by atoms with Crippen LogP contribution in [-0.4, -0.2) is 23.8 Å². The number of ether oxygens (including phenoxy) is 1. The SMILES string of the molecule is C/C=C/C=C/[C@H]1COC(=O)[C@H]1[C@@H](C)O. The lowest BCUT2D eigenvalue weighted by molar-refractivity contribution is -0.143. The second-order valence-electron chi connectivity index (χ2n) is 3.47. The zero-order valence-electron chi connectivity index (χ0n) is 8.51. The molecule has 0 aromatic carbocycles. The van der Waals surface area contributed by atoms with Gasteiger partial charge >= 0.3 is 5.97 Å². The van der Waals surface area contributed by atoms with Crippen molar-refractivity contribution in [1.29, 1.82) is 0 Å². The van der Waals surface area contributed by atoms with E-state index in [-0.39, 0.29) is 11.9 Å². The fourth-order valence-electron chi connectivity index (χ4n) is 1.60. The van der Waals surface area contributed by atoms with Gasteiger partial charge in [0, 0.05) is 5.92 Å². The Morgan fingerprint density at radius 3 is 2.86 bits per heavy atom. The third kappa shape index (κ3) is 2.45. The van der Waals surface area contributed by atoms with E-state index in [0.717, 1.165) is 0 Å². The predicted octanol–water partition coefficient (Wildman–Crippen LogP) is 1.29. The van der Waals surface area contributed by atoms with Gasteiger partial charge in [-0.05, 0) is 13.8 Å². The maximum Gasteiger partial charge on any atom is 0.312 e. The van der Waals surface area contributed by atoms with E-state index in [1.54, 1.807) is 6.92 Å². The van der Waals surface area contributed by atoms with E-state index < -0.39 is 12.0 Å². The van der Waals surface area contributed by atoms with Crippen LogP contribution in [-0.2, 0) is 9.53 Å². The van der Waals surface area contributed by atoms with E-state index in [1.165, 1.54) is 0 Å². The molecular weight excluding hydrogens is 180 g/mol. The first-order chi connectivity index (χ1) is 6.66. The van der Waals surface area contributed by atoms with Gasteiger partial charge in [0.15, 0.2) is 0 Å². The number of esters is 1. The minimum atomic E-state index is -0.648. The Bertz CT molecular complexity index is 253. The average Bonchev–Trinajstić information content (AvgIpc) is 2.47. The lowest BCUT2D eigenvalue weighted by atomic mass is 9.90. The number of cyclic esters (lactones) is 1. The van der Waals surface area contributed by atoms with Crippen molar-refractivity contribution in [3.63, 3.8) is 0 Å². The number of aliphatic hydroxyl groups is 1. The molecule has 0 amide bonds. The molecule has 3 heteroatoms. The Balaban J connectivity index is 2.64. The van der Waals surface area contributed by atoms with Crippen LogP contribution in [0.25, 0.3) is 0 Å². The van der Waals surface area contributed by atoms with E-state index in [0.29, 0.717) is 6.61 Å². The van der Waals surface area contributed by atoms with Crippen molar-refractivity contribution in [2.75, 3.05) is 6.61 Å². The monoisotopic (exact) mass is 196 g/mol. The Morgan fingerprint density at radius 2 is 2.29 bits per heavy atom. The normalized spacial score (nSPS) is 30.1. The Hall–Kier alpha value is -1.09. The van der Waals surface area contributed by atoms with Crippen LogP contribution in [0.2, 0.25) is 0 Å². The van der Waals surface area contributed by atoms with Crippen molar-refractivity contribution in [1.82, 2.24) is 0 Å². The molecule has 0 radical (unpaired) electrons. The second-order valence-corrected chi connectivity index (χ2v) is 3.47. The first kappa shape index (κ1) is 11.0. The van der Waals surface area contributed by atoms with Gasteiger partial charge in [0.25, 0.3) is 0 Å². The van der Waals surface area contributed by atoms with Gasteiger partial charge in [-0.1, -0.05) is 24.3 Å². The van der Waals surface area contributed by atoms with Gasteiger partial charge in [0.1, 0.15) is 0 Å². The van der Waals surface area contributed by atoms with E-state index in [1.807, 2.05) is 31.2 Å². The van der Waals surface area contributed by atoms with Crippen LogP contribution < -0.4 is 0 Å². The number of rotatable bonds is 3. The molecule has 14 heavy (non-hydrogen) atoms. The summed E-state index contributed by atoms with van der Waals surface area (Å²) < 4.78 is 4.90. The van der Waals surface area contributed by atoms with E-state index in [4.69, 9.17) is 4.74 Å². The number of hydrogen-bond donors (Lipinski definition) is 1. The van der Waals surface area contributed by atoms with Crippen molar-refractivity contribution in [3.8, 4) is 0 Å². The first-order valence-corrected chi connectivity index (χ1v) is 4.81. The molecule has 0 unspecified atom stereocenters. The lowest BCUT2D eigenvalue weighted by Crippen LogP contribution is -2.26. The molecule has 1 saturated heterocycles. The minimum absolute atomic E-state index is 0.00120.